The number of ether oxygens (including phenoxy) is 1. The molecule has 1 N–H and O–H groups in total. The summed E-state index contributed by atoms with van der Waals surface area (Å²) in [5.41, 5.74) is 2.34. The van der Waals surface area contributed by atoms with Crippen molar-refractivity contribution in [2.24, 2.45) is 5.92 Å². The monoisotopic (exact) mass is 233 g/mol. The zero-order valence-corrected chi connectivity index (χ0v) is 10.4. The lowest BCUT2D eigenvalue weighted by molar-refractivity contribution is -0.145. The van der Waals surface area contributed by atoms with Crippen molar-refractivity contribution >= 4 is 11.7 Å². The molecule has 0 aromatic heterocycles. The number of carbonyl (C=O) groups is 1. The molecule has 1 unspecified atom stereocenters. The van der Waals surface area contributed by atoms with Crippen LogP contribution < -0.4 is 5.32 Å². The fourth-order valence-electron chi connectivity index (χ4n) is 1.97. The van der Waals surface area contributed by atoms with Gasteiger partial charge >= 0.3 is 5.97 Å². The smallest absolute Gasteiger partial charge is 0.328 e. The third-order valence-corrected chi connectivity index (χ3v) is 2.89. The Hall–Kier alpha value is -1.51. The highest BCUT2D eigenvalue weighted by atomic mass is 16.5. The van der Waals surface area contributed by atoms with Crippen LogP contribution >= 0.6 is 0 Å². The van der Waals surface area contributed by atoms with Crippen LogP contribution in [-0.4, -0.2) is 18.6 Å². The van der Waals surface area contributed by atoms with Gasteiger partial charge in [-0.2, -0.15) is 0 Å². The zero-order valence-electron chi connectivity index (χ0n) is 10.4. The fourth-order valence-corrected chi connectivity index (χ4v) is 1.97. The van der Waals surface area contributed by atoms with E-state index in [-0.39, 0.29) is 12.0 Å². The number of nitrogens with one attached hydrogen (secondary N) is 1. The first-order valence-electron chi connectivity index (χ1n) is 6.18. The molecule has 0 fully saturated rings. The molecule has 0 spiro atoms. The molecule has 0 saturated carbocycles. The summed E-state index contributed by atoms with van der Waals surface area (Å²) >= 11 is 0. The second-order valence-corrected chi connectivity index (χ2v) is 4.92. The molecule has 3 nitrogen and oxygen atoms in total. The van der Waals surface area contributed by atoms with Crippen molar-refractivity contribution in [1.82, 2.24) is 0 Å². The van der Waals surface area contributed by atoms with Crippen LogP contribution in [0.4, 0.5) is 5.69 Å². The van der Waals surface area contributed by atoms with E-state index in [4.69, 9.17) is 4.74 Å². The molecule has 1 atom stereocenters. The molecule has 1 aliphatic rings. The van der Waals surface area contributed by atoms with Gasteiger partial charge in [-0.3, -0.25) is 0 Å². The van der Waals surface area contributed by atoms with Gasteiger partial charge < -0.3 is 10.1 Å². The summed E-state index contributed by atoms with van der Waals surface area (Å²) in [5.74, 6) is 0.253. The first-order valence-corrected chi connectivity index (χ1v) is 6.18. The number of rotatable bonds is 3. The van der Waals surface area contributed by atoms with Crippen molar-refractivity contribution in [1.29, 1.82) is 0 Å². The lowest BCUT2D eigenvalue weighted by Gasteiger charge is -2.25. The Morgan fingerprint density at radius 1 is 1.47 bits per heavy atom. The van der Waals surface area contributed by atoms with E-state index in [2.05, 4.69) is 11.4 Å². The maximum Gasteiger partial charge on any atom is 0.328 e. The van der Waals surface area contributed by atoms with Gasteiger partial charge in [-0.15, -0.1) is 0 Å². The number of benzene rings is 1. The van der Waals surface area contributed by atoms with Gasteiger partial charge in [0, 0.05) is 5.69 Å². The van der Waals surface area contributed by atoms with Crippen molar-refractivity contribution in [2.75, 3.05) is 11.9 Å². The van der Waals surface area contributed by atoms with E-state index in [9.17, 15) is 4.79 Å². The Balaban J connectivity index is 1.95. The van der Waals surface area contributed by atoms with Crippen molar-refractivity contribution in [2.45, 2.75) is 32.7 Å². The van der Waals surface area contributed by atoms with Gasteiger partial charge in [0.2, 0.25) is 0 Å². The third-order valence-electron chi connectivity index (χ3n) is 2.89. The van der Waals surface area contributed by atoms with Crippen molar-refractivity contribution in [3.8, 4) is 0 Å². The minimum absolute atomic E-state index is 0.131. The van der Waals surface area contributed by atoms with Crippen molar-refractivity contribution in [3.05, 3.63) is 29.8 Å². The second kappa shape index (κ2) is 5.21. The van der Waals surface area contributed by atoms with Crippen LogP contribution in [-0.2, 0) is 16.0 Å². The van der Waals surface area contributed by atoms with E-state index < -0.39 is 0 Å². The SMILES string of the molecule is CC(C)COC(=O)C1CCc2ccccc2N1. The summed E-state index contributed by atoms with van der Waals surface area (Å²) in [6.45, 7) is 4.58. The number of esters is 1. The molecule has 3 heteroatoms. The summed E-state index contributed by atoms with van der Waals surface area (Å²) in [4.78, 5) is 11.8. The quantitative estimate of drug-likeness (QED) is 0.816. The topological polar surface area (TPSA) is 38.3 Å². The second-order valence-electron chi connectivity index (χ2n) is 4.92. The minimum atomic E-state index is -0.191. The lowest BCUT2D eigenvalue weighted by atomic mass is 9.98. The number of para-hydroxylation sites is 1. The Bertz CT molecular complexity index is 401. The van der Waals surface area contributed by atoms with Gasteiger partial charge in [-0.25, -0.2) is 4.79 Å². The van der Waals surface area contributed by atoms with E-state index in [0.29, 0.717) is 12.5 Å². The number of aryl methyl sites for hydroxylation is 1. The molecule has 2 rings (SSSR count). The van der Waals surface area contributed by atoms with Crippen molar-refractivity contribution < 1.29 is 9.53 Å². The Morgan fingerprint density at radius 3 is 3.00 bits per heavy atom. The van der Waals surface area contributed by atoms with E-state index >= 15 is 0 Å². The predicted molar refractivity (Wildman–Crippen MR) is 68.0 cm³/mol. The van der Waals surface area contributed by atoms with Crippen LogP contribution in [0.5, 0.6) is 0 Å². The minimum Gasteiger partial charge on any atom is -0.464 e. The largest absolute Gasteiger partial charge is 0.464 e. The highest BCUT2D eigenvalue weighted by molar-refractivity contribution is 5.80. The molecule has 1 aliphatic heterocycles. The van der Waals surface area contributed by atoms with Crippen LogP contribution in [0.25, 0.3) is 0 Å². The maximum atomic E-state index is 11.8. The van der Waals surface area contributed by atoms with Gasteiger partial charge in [0.1, 0.15) is 6.04 Å². The molecule has 1 aromatic carbocycles. The Kier molecular flexibility index (Phi) is 3.67. The average molecular weight is 233 g/mol. The Morgan fingerprint density at radius 2 is 2.24 bits per heavy atom. The third kappa shape index (κ3) is 2.99. The molecule has 0 aliphatic carbocycles. The first-order chi connectivity index (χ1) is 8.16. The van der Waals surface area contributed by atoms with Crippen LogP contribution in [0.15, 0.2) is 24.3 Å². The number of hydrogen-bond donors (Lipinski definition) is 1. The average Bonchev–Trinajstić information content (AvgIpc) is 2.35. The van der Waals surface area contributed by atoms with Crippen LogP contribution in [0, 0.1) is 5.92 Å². The van der Waals surface area contributed by atoms with Gasteiger partial charge in [0.05, 0.1) is 6.61 Å². The van der Waals surface area contributed by atoms with E-state index in [1.807, 2.05) is 32.0 Å². The molecule has 1 heterocycles. The highest BCUT2D eigenvalue weighted by Crippen LogP contribution is 2.24. The van der Waals surface area contributed by atoms with Crippen LogP contribution in [0.2, 0.25) is 0 Å². The van der Waals surface area contributed by atoms with Gasteiger partial charge in [-0.05, 0) is 30.4 Å². The maximum absolute atomic E-state index is 11.8. The normalized spacial score (nSPS) is 18.4. The molecule has 1 aromatic rings. The first kappa shape index (κ1) is 12.0. The zero-order chi connectivity index (χ0) is 12.3. The summed E-state index contributed by atoms with van der Waals surface area (Å²) in [5, 5.41) is 3.25. The summed E-state index contributed by atoms with van der Waals surface area (Å²) in [6, 6.07) is 7.92. The predicted octanol–water partition coefficient (Wildman–Crippen LogP) is 2.61. The van der Waals surface area contributed by atoms with E-state index in [1.54, 1.807) is 0 Å². The van der Waals surface area contributed by atoms with Crippen LogP contribution in [0.3, 0.4) is 0 Å². The molecule has 17 heavy (non-hydrogen) atoms. The van der Waals surface area contributed by atoms with Gasteiger partial charge in [0.25, 0.3) is 0 Å². The standard InChI is InChI=1S/C14H19NO2/c1-10(2)9-17-14(16)13-8-7-11-5-3-4-6-12(11)15-13/h3-6,10,13,15H,7-9H2,1-2H3. The summed E-state index contributed by atoms with van der Waals surface area (Å²) < 4.78 is 5.26. The summed E-state index contributed by atoms with van der Waals surface area (Å²) in [7, 11) is 0. The highest BCUT2D eigenvalue weighted by Gasteiger charge is 2.24. The molecule has 92 valence electrons. The van der Waals surface area contributed by atoms with E-state index in [1.165, 1.54) is 5.56 Å². The molecule has 0 saturated heterocycles. The molecular weight excluding hydrogens is 214 g/mol. The molecule has 0 amide bonds. The molecule has 0 bridgehead atoms. The van der Waals surface area contributed by atoms with Crippen LogP contribution in [0.1, 0.15) is 25.8 Å². The lowest BCUT2D eigenvalue weighted by Crippen LogP contribution is -2.35. The summed E-state index contributed by atoms with van der Waals surface area (Å²) in [6.07, 6.45) is 1.75. The number of carbonyl (C=O) groups excluding carboxylic acids is 1. The van der Waals surface area contributed by atoms with Gasteiger partial charge in [-0.1, -0.05) is 32.0 Å². The molecular formula is C14H19NO2. The fraction of sp³-hybridized carbons (Fsp3) is 0.500. The number of fused-ring (bicyclic) bond motifs is 1. The number of hydrogen-bond acceptors (Lipinski definition) is 3. The Labute approximate surface area is 102 Å². The van der Waals surface area contributed by atoms with Gasteiger partial charge in [0.15, 0.2) is 0 Å². The van der Waals surface area contributed by atoms with E-state index in [0.717, 1.165) is 18.5 Å². The number of anilines is 1. The molecule has 0 radical (unpaired) electrons. The van der Waals surface area contributed by atoms with Crippen molar-refractivity contribution in [3.63, 3.8) is 0 Å².